The second-order valence-corrected chi connectivity index (χ2v) is 4.47. The molecule has 0 aliphatic rings. The number of hydrogen-bond acceptors (Lipinski definition) is 7. The first-order valence-corrected chi connectivity index (χ1v) is 6.46. The second kappa shape index (κ2) is 9.82. The van der Waals surface area contributed by atoms with Gasteiger partial charge >= 0.3 is 17.7 Å². The highest BCUT2D eigenvalue weighted by molar-refractivity contribution is 5.82. The summed E-state index contributed by atoms with van der Waals surface area (Å²) in [5.74, 6) is -1.18. The van der Waals surface area contributed by atoms with Crippen molar-refractivity contribution in [2.45, 2.75) is 13.0 Å². The van der Waals surface area contributed by atoms with Crippen LogP contribution in [0.1, 0.15) is 5.56 Å². The van der Waals surface area contributed by atoms with E-state index >= 15 is 0 Å². The van der Waals surface area contributed by atoms with E-state index in [0.717, 1.165) is 10.9 Å². The lowest BCUT2D eigenvalue weighted by Gasteiger charge is -2.00. The normalized spacial score (nSPS) is 10.6. The molecule has 1 aromatic carbocycles. The number of carboxylic acids is 1. The Morgan fingerprint density at radius 2 is 1.79 bits per heavy atom. The van der Waals surface area contributed by atoms with Crippen molar-refractivity contribution in [3.8, 4) is 0 Å². The van der Waals surface area contributed by atoms with Gasteiger partial charge in [0.05, 0.1) is 6.61 Å². The smallest absolute Gasteiger partial charge is 0.402 e. The van der Waals surface area contributed by atoms with Crippen molar-refractivity contribution in [1.82, 2.24) is 0 Å². The largest absolute Gasteiger partial charge is 0.480 e. The molecule has 0 bridgehead atoms. The molecule has 2 rings (SSSR count). The van der Waals surface area contributed by atoms with Gasteiger partial charge in [-0.15, -0.1) is 0 Å². The van der Waals surface area contributed by atoms with Gasteiger partial charge < -0.3 is 36.9 Å². The van der Waals surface area contributed by atoms with Gasteiger partial charge in [-0.25, -0.2) is 9.59 Å². The summed E-state index contributed by atoms with van der Waals surface area (Å²) < 4.78 is 4.99. The van der Waals surface area contributed by atoms with Crippen LogP contribution in [0, 0.1) is 6.92 Å². The molecule has 0 aliphatic heterocycles. The lowest BCUT2D eigenvalue weighted by Crippen LogP contribution is -2.33. The molecule has 2 aromatic rings. The zero-order valence-corrected chi connectivity index (χ0v) is 12.8. The number of rotatable bonds is 2. The van der Waals surface area contributed by atoms with E-state index in [-0.39, 0.29) is 5.63 Å². The molecule has 1 heterocycles. The van der Waals surface area contributed by atoms with E-state index in [4.69, 9.17) is 36.0 Å². The number of primary amides is 1. The maximum Gasteiger partial charge on any atom is 0.402 e. The molecule has 0 unspecified atom stereocenters. The van der Waals surface area contributed by atoms with Gasteiger partial charge in [0, 0.05) is 23.2 Å². The third-order valence-electron chi connectivity index (χ3n) is 2.49. The van der Waals surface area contributed by atoms with E-state index in [0.29, 0.717) is 11.3 Å². The standard InChI is InChI=1S/C10H9NO2.C3H7NO3.CH3NO2/c1-6-4-10(12)13-9-5-7(11)2-3-8(6)9;4-2(1-5)3(6)7;2-1(3)4/h2-5H,11H2,1H3;2,5H,1,4H2,(H,6,7);2H2,(H,3,4)/t;2-;/m.0./s1. The minimum absolute atomic E-state index is 0.337. The lowest BCUT2D eigenvalue weighted by molar-refractivity contribution is -0.139. The van der Waals surface area contributed by atoms with Crippen molar-refractivity contribution < 1.29 is 29.3 Å². The zero-order valence-electron chi connectivity index (χ0n) is 12.8. The molecule has 0 fully saturated rings. The van der Waals surface area contributed by atoms with Crippen LogP contribution in [0.5, 0.6) is 0 Å². The molecule has 10 nitrogen and oxygen atoms in total. The molecular formula is C14H19N3O7. The van der Waals surface area contributed by atoms with Crippen LogP contribution in [0.3, 0.4) is 0 Å². The highest BCUT2D eigenvalue weighted by atomic mass is 16.4. The first kappa shape index (κ1) is 20.9. The summed E-state index contributed by atoms with van der Waals surface area (Å²) in [4.78, 5) is 29.4. The fourth-order valence-corrected chi connectivity index (χ4v) is 1.42. The Balaban J connectivity index is 0.000000408. The van der Waals surface area contributed by atoms with Gasteiger partial charge in [0.2, 0.25) is 0 Å². The Hall–Kier alpha value is -3.11. The van der Waals surface area contributed by atoms with Crippen LogP contribution >= 0.6 is 0 Å². The predicted molar refractivity (Wildman–Crippen MR) is 86.5 cm³/mol. The van der Waals surface area contributed by atoms with Gasteiger partial charge in [-0.3, -0.25) is 4.79 Å². The SMILES string of the molecule is Cc1cc(=O)oc2cc(N)ccc12.NC(=O)O.N[C@@H](CO)C(=O)O. The summed E-state index contributed by atoms with van der Waals surface area (Å²) in [7, 11) is 0. The Bertz CT molecular complexity index is 754. The molecule has 0 saturated carbocycles. The number of benzene rings is 1. The molecule has 0 radical (unpaired) electrons. The Morgan fingerprint density at radius 3 is 2.21 bits per heavy atom. The van der Waals surface area contributed by atoms with E-state index in [2.05, 4.69) is 5.73 Å². The third-order valence-corrected chi connectivity index (χ3v) is 2.49. The molecular weight excluding hydrogens is 322 g/mol. The number of nitrogen functional groups attached to an aromatic ring is 1. The molecule has 1 amide bonds. The van der Waals surface area contributed by atoms with Crippen molar-refractivity contribution in [2.75, 3.05) is 12.3 Å². The summed E-state index contributed by atoms with van der Waals surface area (Å²) in [5, 5.41) is 24.0. The van der Waals surface area contributed by atoms with Gasteiger partial charge in [0.25, 0.3) is 0 Å². The first-order chi connectivity index (χ1) is 11.1. The van der Waals surface area contributed by atoms with Gasteiger partial charge in [-0.05, 0) is 24.6 Å². The van der Waals surface area contributed by atoms with Crippen LogP contribution in [0.15, 0.2) is 33.5 Å². The second-order valence-electron chi connectivity index (χ2n) is 4.47. The average Bonchev–Trinajstić information content (AvgIpc) is 2.45. The zero-order chi connectivity index (χ0) is 18.9. The van der Waals surface area contributed by atoms with Crippen LogP contribution < -0.4 is 22.8 Å². The first-order valence-electron chi connectivity index (χ1n) is 6.46. The highest BCUT2D eigenvalue weighted by Crippen LogP contribution is 2.18. The van der Waals surface area contributed by atoms with Gasteiger partial charge in [0.1, 0.15) is 11.6 Å². The molecule has 1 atom stereocenters. The number of fused-ring (bicyclic) bond motifs is 1. The van der Waals surface area contributed by atoms with Crippen LogP contribution in [0.4, 0.5) is 10.5 Å². The molecule has 0 aliphatic carbocycles. The monoisotopic (exact) mass is 341 g/mol. The van der Waals surface area contributed by atoms with Gasteiger partial charge in [0.15, 0.2) is 0 Å². The maximum atomic E-state index is 11.0. The summed E-state index contributed by atoms with van der Waals surface area (Å²) in [6.45, 7) is 1.37. The number of carboxylic acid groups (broad SMARTS) is 2. The number of carbonyl (C=O) groups is 2. The van der Waals surface area contributed by atoms with Crippen LogP contribution in [0.2, 0.25) is 0 Å². The van der Waals surface area contributed by atoms with E-state index in [9.17, 15) is 9.59 Å². The van der Waals surface area contributed by atoms with Crippen LogP contribution in [-0.2, 0) is 4.79 Å². The number of amides is 1. The Kier molecular flexibility index (Phi) is 8.54. The minimum Gasteiger partial charge on any atom is -0.480 e. The highest BCUT2D eigenvalue weighted by Gasteiger charge is 2.07. The van der Waals surface area contributed by atoms with Crippen molar-refractivity contribution >= 4 is 28.7 Å². The van der Waals surface area contributed by atoms with Crippen molar-refractivity contribution in [3.05, 3.63) is 40.2 Å². The molecule has 132 valence electrons. The van der Waals surface area contributed by atoms with Crippen molar-refractivity contribution in [2.24, 2.45) is 11.5 Å². The number of aryl methyl sites for hydroxylation is 1. The molecule has 9 N–H and O–H groups in total. The molecule has 24 heavy (non-hydrogen) atoms. The number of aliphatic carboxylic acids is 1. The summed E-state index contributed by atoms with van der Waals surface area (Å²) in [6.07, 6.45) is -1.33. The fourth-order valence-electron chi connectivity index (χ4n) is 1.42. The van der Waals surface area contributed by atoms with E-state index < -0.39 is 24.7 Å². The number of anilines is 1. The number of hydrogen-bond donors (Lipinski definition) is 6. The molecule has 10 heteroatoms. The van der Waals surface area contributed by atoms with Gasteiger partial charge in [-0.2, -0.15) is 0 Å². The molecule has 0 saturated heterocycles. The number of aliphatic hydroxyl groups is 1. The van der Waals surface area contributed by atoms with Crippen molar-refractivity contribution in [1.29, 1.82) is 0 Å². The van der Waals surface area contributed by atoms with Crippen LogP contribution in [0.25, 0.3) is 11.0 Å². The number of aliphatic hydroxyl groups excluding tert-OH is 1. The molecule has 0 spiro atoms. The number of nitrogens with two attached hydrogens (primary N) is 3. The predicted octanol–water partition coefficient (Wildman–Crippen LogP) is -0.303. The van der Waals surface area contributed by atoms with Crippen molar-refractivity contribution in [3.63, 3.8) is 0 Å². The molecule has 1 aromatic heterocycles. The average molecular weight is 341 g/mol. The van der Waals surface area contributed by atoms with E-state index in [1.54, 1.807) is 12.1 Å². The summed E-state index contributed by atoms with van der Waals surface area (Å²) >= 11 is 0. The Morgan fingerprint density at radius 1 is 1.25 bits per heavy atom. The Labute approximate surface area is 136 Å². The summed E-state index contributed by atoms with van der Waals surface area (Å²) in [6, 6.07) is 5.64. The maximum absolute atomic E-state index is 11.0. The lowest BCUT2D eigenvalue weighted by atomic mass is 10.1. The van der Waals surface area contributed by atoms with Gasteiger partial charge in [-0.1, -0.05) is 0 Å². The fraction of sp³-hybridized carbons (Fsp3) is 0.214. The summed E-state index contributed by atoms with van der Waals surface area (Å²) in [5.41, 5.74) is 16.1. The van der Waals surface area contributed by atoms with Crippen LogP contribution in [-0.4, -0.2) is 40.0 Å². The minimum atomic E-state index is -1.33. The quantitative estimate of drug-likeness (QED) is 0.313. The van der Waals surface area contributed by atoms with E-state index in [1.807, 2.05) is 13.0 Å². The topological polar surface area (TPSA) is 203 Å². The van der Waals surface area contributed by atoms with E-state index in [1.165, 1.54) is 6.07 Å². The third kappa shape index (κ3) is 7.77.